The molecule has 0 bridgehead atoms. The van der Waals surface area contributed by atoms with E-state index in [1.54, 1.807) is 42.5 Å². The van der Waals surface area contributed by atoms with E-state index in [1.807, 2.05) is 6.92 Å². The van der Waals surface area contributed by atoms with Gasteiger partial charge in [0.1, 0.15) is 30.0 Å². The highest BCUT2D eigenvalue weighted by Crippen LogP contribution is 2.63. The molecular formula is C30H28ClFN4O5S2. The SMILES string of the molecule is CCOc1cc2ncc(C#N)c(Nc3ccc(OCc4cccc(F)c4)c(Cl)c3)c2cc1NC(=O)CC1CCSS1(O)O. The van der Waals surface area contributed by atoms with Gasteiger partial charge in [0.25, 0.3) is 0 Å². The second kappa shape index (κ2) is 13.3. The number of anilines is 3. The number of ether oxygens (including phenoxy) is 2. The molecule has 1 aliphatic rings. The monoisotopic (exact) mass is 642 g/mol. The van der Waals surface area contributed by atoms with E-state index >= 15 is 0 Å². The molecule has 5 rings (SSSR count). The maximum atomic E-state index is 13.5. The predicted octanol–water partition coefficient (Wildman–Crippen LogP) is 8.12. The lowest BCUT2D eigenvalue weighted by Gasteiger charge is -2.31. The van der Waals surface area contributed by atoms with Crippen LogP contribution in [0.3, 0.4) is 0 Å². The lowest BCUT2D eigenvalue weighted by molar-refractivity contribution is -0.116. The number of benzene rings is 3. The molecule has 3 aromatic carbocycles. The van der Waals surface area contributed by atoms with Gasteiger partial charge in [-0.05, 0) is 66.1 Å². The van der Waals surface area contributed by atoms with Crippen molar-refractivity contribution in [1.82, 2.24) is 4.98 Å². The fraction of sp³-hybridized carbons (Fsp3) is 0.233. The number of nitrogens with zero attached hydrogens (tertiary/aromatic N) is 2. The molecule has 2 heterocycles. The van der Waals surface area contributed by atoms with Gasteiger partial charge in [-0.25, -0.2) is 4.39 Å². The van der Waals surface area contributed by atoms with E-state index < -0.39 is 14.9 Å². The van der Waals surface area contributed by atoms with Gasteiger partial charge < -0.3 is 20.1 Å². The molecule has 1 aliphatic heterocycles. The topological polar surface area (TPSA) is 137 Å². The van der Waals surface area contributed by atoms with Crippen LogP contribution in [0.1, 0.15) is 30.9 Å². The number of hydrogen-bond acceptors (Lipinski definition) is 9. The Labute approximate surface area is 258 Å². The molecule has 0 aliphatic carbocycles. The zero-order valence-electron chi connectivity index (χ0n) is 23.0. The van der Waals surface area contributed by atoms with E-state index in [0.717, 1.165) is 10.8 Å². The minimum absolute atomic E-state index is 0.0489. The van der Waals surface area contributed by atoms with Gasteiger partial charge in [0, 0.05) is 35.5 Å². The number of carbonyl (C=O) groups is 1. The van der Waals surface area contributed by atoms with E-state index in [9.17, 15) is 23.6 Å². The summed E-state index contributed by atoms with van der Waals surface area (Å²) in [6.07, 6.45) is 1.93. The maximum absolute atomic E-state index is 13.5. The Hall–Kier alpha value is -3.73. The zero-order valence-corrected chi connectivity index (χ0v) is 25.4. The number of fused-ring (bicyclic) bond motifs is 1. The van der Waals surface area contributed by atoms with Crippen molar-refractivity contribution in [3.05, 3.63) is 82.8 Å². The summed E-state index contributed by atoms with van der Waals surface area (Å²) in [6, 6.07) is 16.6. The summed E-state index contributed by atoms with van der Waals surface area (Å²) in [5, 5.41) is 16.3. The molecule has 1 atom stereocenters. The first-order valence-electron chi connectivity index (χ1n) is 13.3. The van der Waals surface area contributed by atoms with E-state index in [-0.39, 0.29) is 30.3 Å². The van der Waals surface area contributed by atoms with Crippen LogP contribution >= 0.6 is 32.0 Å². The number of aromatic nitrogens is 1. The molecular weight excluding hydrogens is 615 g/mol. The first kappa shape index (κ1) is 30.7. The van der Waals surface area contributed by atoms with Crippen molar-refractivity contribution in [2.24, 2.45) is 0 Å². The smallest absolute Gasteiger partial charge is 0.226 e. The maximum Gasteiger partial charge on any atom is 0.226 e. The van der Waals surface area contributed by atoms with Crippen LogP contribution in [0.25, 0.3) is 10.9 Å². The summed E-state index contributed by atoms with van der Waals surface area (Å²) in [5.41, 5.74) is 2.80. The van der Waals surface area contributed by atoms with Crippen LogP contribution < -0.4 is 20.1 Å². The Bertz CT molecular complexity index is 1720. The molecule has 1 fully saturated rings. The Balaban J connectivity index is 1.42. The summed E-state index contributed by atoms with van der Waals surface area (Å²) >= 11 is 6.50. The van der Waals surface area contributed by atoms with Crippen molar-refractivity contribution in [3.8, 4) is 17.6 Å². The summed E-state index contributed by atoms with van der Waals surface area (Å²) < 4.78 is 45.5. The molecule has 1 aromatic heterocycles. The number of rotatable bonds is 10. The quantitative estimate of drug-likeness (QED) is 0.126. The summed E-state index contributed by atoms with van der Waals surface area (Å²) in [4.78, 5) is 17.4. The Morgan fingerprint density at radius 1 is 1.21 bits per heavy atom. The second-order valence-corrected chi connectivity index (χ2v) is 14.6. The van der Waals surface area contributed by atoms with Gasteiger partial charge in [-0.1, -0.05) is 23.7 Å². The van der Waals surface area contributed by atoms with E-state index in [4.69, 9.17) is 21.1 Å². The van der Waals surface area contributed by atoms with Crippen LogP contribution in [-0.4, -0.2) is 37.6 Å². The Kier molecular flexibility index (Phi) is 9.49. The van der Waals surface area contributed by atoms with Crippen LogP contribution in [0.2, 0.25) is 5.02 Å². The molecule has 4 aromatic rings. The highest BCUT2D eigenvalue weighted by atomic mass is 35.5. The Morgan fingerprint density at radius 2 is 2.05 bits per heavy atom. The fourth-order valence-corrected chi connectivity index (χ4v) is 8.70. The van der Waals surface area contributed by atoms with Gasteiger partial charge in [-0.3, -0.25) is 18.9 Å². The normalized spacial score (nSPS) is 16.3. The van der Waals surface area contributed by atoms with E-state index in [1.165, 1.54) is 18.3 Å². The standard InChI is InChI=1S/C30H28ClFN4O5S2/c1-2-40-28-14-25-23(13-26(28)36-29(37)12-22-8-9-42-43(22,38)39)30(19(15-33)16-34-25)35-21-6-7-27(24(31)11-21)41-17-18-4-3-5-20(32)10-18/h3-7,10-11,13-14,16,22,38-39H,2,8-9,12,17H2,1H3,(H,34,35)(H,36,37). The minimum Gasteiger partial charge on any atom is -0.492 e. The van der Waals surface area contributed by atoms with Gasteiger partial charge >= 0.3 is 0 Å². The summed E-state index contributed by atoms with van der Waals surface area (Å²) in [7, 11) is -1.78. The van der Waals surface area contributed by atoms with Crippen molar-refractivity contribution in [2.75, 3.05) is 23.0 Å². The van der Waals surface area contributed by atoms with Crippen LogP contribution in [0.5, 0.6) is 11.5 Å². The van der Waals surface area contributed by atoms with Gasteiger partial charge in [0.2, 0.25) is 5.91 Å². The highest BCUT2D eigenvalue weighted by Gasteiger charge is 2.34. The number of nitrogens with one attached hydrogen (secondary N) is 2. The van der Waals surface area contributed by atoms with Crippen LogP contribution in [0, 0.1) is 17.1 Å². The first-order valence-corrected chi connectivity index (χ1v) is 16.8. The molecule has 0 radical (unpaired) electrons. The molecule has 43 heavy (non-hydrogen) atoms. The van der Waals surface area contributed by atoms with Crippen LogP contribution in [-0.2, 0) is 11.4 Å². The lowest BCUT2D eigenvalue weighted by atomic mass is 10.1. The number of pyridine rings is 1. The number of halogens is 2. The van der Waals surface area contributed by atoms with Crippen molar-refractivity contribution < 1.29 is 27.8 Å². The predicted molar refractivity (Wildman–Crippen MR) is 170 cm³/mol. The molecule has 9 nitrogen and oxygen atoms in total. The van der Waals surface area contributed by atoms with Crippen molar-refractivity contribution >= 4 is 65.9 Å². The van der Waals surface area contributed by atoms with E-state index in [2.05, 4.69) is 21.7 Å². The van der Waals surface area contributed by atoms with Gasteiger partial charge in [-0.15, -0.1) is 9.62 Å². The molecule has 1 unspecified atom stereocenters. The summed E-state index contributed by atoms with van der Waals surface area (Å²) in [6.45, 7) is 2.28. The minimum atomic E-state index is -2.87. The Morgan fingerprint density at radius 3 is 2.74 bits per heavy atom. The molecule has 1 saturated heterocycles. The second-order valence-electron chi connectivity index (χ2n) is 9.67. The van der Waals surface area contributed by atoms with Gasteiger partial charge in [0.05, 0.1) is 39.3 Å². The number of hydrogen-bond donors (Lipinski definition) is 4. The van der Waals surface area contributed by atoms with Crippen molar-refractivity contribution in [3.63, 3.8) is 0 Å². The number of amides is 1. The lowest BCUT2D eigenvalue weighted by Crippen LogP contribution is -2.21. The largest absolute Gasteiger partial charge is 0.492 e. The molecule has 0 spiro atoms. The molecule has 0 saturated carbocycles. The molecule has 224 valence electrons. The number of nitriles is 1. The molecule has 4 N–H and O–H groups in total. The van der Waals surface area contributed by atoms with Gasteiger partial charge in [0.15, 0.2) is 0 Å². The molecule has 1 amide bonds. The average Bonchev–Trinajstić information content (AvgIpc) is 3.30. The third-order valence-corrected chi connectivity index (χ3v) is 11.4. The van der Waals surface area contributed by atoms with Crippen molar-refractivity contribution in [2.45, 2.75) is 31.6 Å². The van der Waals surface area contributed by atoms with Crippen LogP contribution in [0.4, 0.5) is 21.5 Å². The molecule has 13 heteroatoms. The highest BCUT2D eigenvalue weighted by molar-refractivity contribution is 8.90. The fourth-order valence-electron chi connectivity index (χ4n) is 4.61. The van der Waals surface area contributed by atoms with Crippen LogP contribution in [0.15, 0.2) is 60.8 Å². The zero-order chi connectivity index (χ0) is 30.6. The average molecular weight is 643 g/mol. The third-order valence-electron chi connectivity index (χ3n) is 6.69. The van der Waals surface area contributed by atoms with Gasteiger partial charge in [-0.2, -0.15) is 5.26 Å². The van der Waals surface area contributed by atoms with Crippen molar-refractivity contribution in [1.29, 1.82) is 5.26 Å². The summed E-state index contributed by atoms with van der Waals surface area (Å²) in [5.74, 6) is 0.642. The third kappa shape index (κ3) is 7.26. The first-order chi connectivity index (χ1) is 20.7. The number of carbonyl (C=O) groups excluding carboxylic acids is 1. The van der Waals surface area contributed by atoms with E-state index in [0.29, 0.717) is 68.8 Å².